The summed E-state index contributed by atoms with van der Waals surface area (Å²) >= 11 is 3.39. The monoisotopic (exact) mass is 321 g/mol. The molecule has 0 bridgehead atoms. The molecule has 0 unspecified atom stereocenters. The van der Waals surface area contributed by atoms with Crippen molar-refractivity contribution < 1.29 is 4.79 Å². The van der Waals surface area contributed by atoms with Crippen LogP contribution in [0.2, 0.25) is 0 Å². The molecule has 1 heterocycles. The van der Waals surface area contributed by atoms with Crippen molar-refractivity contribution in [2.75, 3.05) is 31.6 Å². The minimum atomic E-state index is 0.129. The Hall–Kier alpha value is -1.54. The van der Waals surface area contributed by atoms with Crippen LogP contribution in [0.25, 0.3) is 0 Å². The van der Waals surface area contributed by atoms with Crippen LogP contribution in [-0.4, -0.2) is 37.5 Å². The second kappa shape index (κ2) is 6.07. The van der Waals surface area contributed by atoms with E-state index in [1.165, 1.54) is 0 Å². The van der Waals surface area contributed by atoms with E-state index < -0.39 is 0 Å². The van der Waals surface area contributed by atoms with Crippen molar-refractivity contribution in [2.45, 2.75) is 12.8 Å². The van der Waals surface area contributed by atoms with Crippen molar-refractivity contribution in [3.63, 3.8) is 0 Å². The minimum absolute atomic E-state index is 0.129. The van der Waals surface area contributed by atoms with Gasteiger partial charge in [0.15, 0.2) is 0 Å². The number of benzene rings is 1. The molecule has 1 aliphatic rings. The van der Waals surface area contributed by atoms with Gasteiger partial charge in [-0.05, 0) is 31.0 Å². The molecule has 1 amide bonds. The number of halogens is 1. The lowest BCUT2D eigenvalue weighted by atomic mass is 10.2. The maximum Gasteiger partial charge on any atom is 0.242 e. The van der Waals surface area contributed by atoms with Gasteiger partial charge in [-0.25, -0.2) is 0 Å². The number of hydrogen-bond donors (Lipinski definition) is 0. The van der Waals surface area contributed by atoms with Gasteiger partial charge in [-0.3, -0.25) is 4.79 Å². The van der Waals surface area contributed by atoms with Crippen LogP contribution in [0.3, 0.4) is 0 Å². The molecule has 0 spiro atoms. The summed E-state index contributed by atoms with van der Waals surface area (Å²) in [6, 6.07) is 7.62. The first kappa shape index (κ1) is 13.9. The number of likely N-dealkylation sites (tertiary alicyclic amines) is 1. The first-order chi connectivity index (χ1) is 9.11. The zero-order valence-corrected chi connectivity index (χ0v) is 12.5. The molecule has 0 saturated carbocycles. The number of nitrogens with zero attached hydrogens (tertiary/aromatic N) is 3. The lowest BCUT2D eigenvalue weighted by molar-refractivity contribution is -0.128. The van der Waals surface area contributed by atoms with Crippen LogP contribution >= 0.6 is 15.9 Å². The molecule has 1 saturated heterocycles. The van der Waals surface area contributed by atoms with Crippen LogP contribution in [0.1, 0.15) is 18.4 Å². The number of nitriles is 1. The molecule has 5 heteroatoms. The summed E-state index contributed by atoms with van der Waals surface area (Å²) in [5, 5.41) is 9.12. The molecule has 4 nitrogen and oxygen atoms in total. The fourth-order valence-corrected chi connectivity index (χ4v) is 2.62. The number of amides is 1. The third kappa shape index (κ3) is 3.27. The fourth-order valence-electron chi connectivity index (χ4n) is 2.27. The molecular formula is C14H16BrN3O. The van der Waals surface area contributed by atoms with Crippen LogP contribution in [0.4, 0.5) is 5.69 Å². The molecule has 1 aliphatic heterocycles. The Morgan fingerprint density at radius 1 is 1.47 bits per heavy atom. The molecule has 1 fully saturated rings. The van der Waals surface area contributed by atoms with Crippen molar-refractivity contribution in [1.82, 2.24) is 4.90 Å². The Morgan fingerprint density at radius 3 is 2.79 bits per heavy atom. The molecule has 0 radical (unpaired) electrons. The predicted molar refractivity (Wildman–Crippen MR) is 77.9 cm³/mol. The van der Waals surface area contributed by atoms with Crippen molar-refractivity contribution in [1.29, 1.82) is 5.26 Å². The predicted octanol–water partition coefficient (Wildman–Crippen LogP) is 2.38. The van der Waals surface area contributed by atoms with Gasteiger partial charge in [0, 0.05) is 24.6 Å². The van der Waals surface area contributed by atoms with Gasteiger partial charge in [-0.1, -0.05) is 15.9 Å². The maximum absolute atomic E-state index is 12.1. The van der Waals surface area contributed by atoms with Gasteiger partial charge in [0.2, 0.25) is 5.91 Å². The highest BCUT2D eigenvalue weighted by atomic mass is 79.9. The third-order valence-corrected chi connectivity index (χ3v) is 3.82. The summed E-state index contributed by atoms with van der Waals surface area (Å²) in [5.74, 6) is 0.129. The molecule has 0 aromatic heterocycles. The SMILES string of the molecule is CN(CC(=O)N1CCCC1)c1cc(Br)ccc1C#N. The van der Waals surface area contributed by atoms with E-state index >= 15 is 0 Å². The number of likely N-dealkylation sites (N-methyl/N-ethyl adjacent to an activating group) is 1. The summed E-state index contributed by atoms with van der Waals surface area (Å²) in [6.45, 7) is 2.03. The number of carbonyl (C=O) groups excluding carboxylic acids is 1. The highest BCUT2D eigenvalue weighted by Crippen LogP contribution is 2.24. The molecule has 100 valence electrons. The largest absolute Gasteiger partial charge is 0.364 e. The normalized spacial score (nSPS) is 14.3. The average molecular weight is 322 g/mol. The molecule has 0 aliphatic carbocycles. The van der Waals surface area contributed by atoms with E-state index in [-0.39, 0.29) is 5.91 Å². The van der Waals surface area contributed by atoms with Gasteiger partial charge in [0.05, 0.1) is 17.8 Å². The molecule has 0 N–H and O–H groups in total. The Labute approximate surface area is 121 Å². The summed E-state index contributed by atoms with van der Waals surface area (Å²) in [4.78, 5) is 15.8. The fraction of sp³-hybridized carbons (Fsp3) is 0.429. The van der Waals surface area contributed by atoms with Gasteiger partial charge < -0.3 is 9.80 Å². The van der Waals surface area contributed by atoms with Gasteiger partial charge in [-0.2, -0.15) is 5.26 Å². The van der Waals surface area contributed by atoms with E-state index in [9.17, 15) is 4.79 Å². The van der Waals surface area contributed by atoms with E-state index in [2.05, 4.69) is 22.0 Å². The highest BCUT2D eigenvalue weighted by Gasteiger charge is 2.20. The molecule has 1 aromatic carbocycles. The topological polar surface area (TPSA) is 47.3 Å². The smallest absolute Gasteiger partial charge is 0.242 e. The zero-order valence-electron chi connectivity index (χ0n) is 10.9. The number of rotatable bonds is 3. The first-order valence-electron chi connectivity index (χ1n) is 6.30. The lowest BCUT2D eigenvalue weighted by Crippen LogP contribution is -2.37. The summed E-state index contributed by atoms with van der Waals surface area (Å²) in [5.41, 5.74) is 1.37. The van der Waals surface area contributed by atoms with Gasteiger partial charge >= 0.3 is 0 Å². The van der Waals surface area contributed by atoms with E-state index in [1.54, 1.807) is 6.07 Å². The Bertz CT molecular complexity index is 518. The Balaban J connectivity index is 2.11. The quantitative estimate of drug-likeness (QED) is 0.858. The van der Waals surface area contributed by atoms with Crippen molar-refractivity contribution in [3.8, 4) is 6.07 Å². The van der Waals surface area contributed by atoms with Crippen molar-refractivity contribution >= 4 is 27.5 Å². The highest BCUT2D eigenvalue weighted by molar-refractivity contribution is 9.10. The lowest BCUT2D eigenvalue weighted by Gasteiger charge is -2.23. The zero-order chi connectivity index (χ0) is 13.8. The van der Waals surface area contributed by atoms with Gasteiger partial charge in [0.25, 0.3) is 0 Å². The van der Waals surface area contributed by atoms with E-state index in [4.69, 9.17) is 5.26 Å². The van der Waals surface area contributed by atoms with Gasteiger partial charge in [0.1, 0.15) is 6.07 Å². The molecule has 19 heavy (non-hydrogen) atoms. The minimum Gasteiger partial charge on any atom is -0.364 e. The number of anilines is 1. The van der Waals surface area contributed by atoms with E-state index in [1.807, 2.05) is 29.0 Å². The van der Waals surface area contributed by atoms with Crippen LogP contribution in [0.5, 0.6) is 0 Å². The van der Waals surface area contributed by atoms with Crippen LogP contribution < -0.4 is 4.90 Å². The van der Waals surface area contributed by atoms with Crippen LogP contribution in [0, 0.1) is 11.3 Å². The van der Waals surface area contributed by atoms with Crippen molar-refractivity contribution in [2.24, 2.45) is 0 Å². The Morgan fingerprint density at radius 2 is 2.16 bits per heavy atom. The second-order valence-electron chi connectivity index (χ2n) is 4.72. The van der Waals surface area contributed by atoms with Crippen molar-refractivity contribution in [3.05, 3.63) is 28.2 Å². The summed E-state index contributed by atoms with van der Waals surface area (Å²) in [6.07, 6.45) is 2.19. The molecule has 2 rings (SSSR count). The first-order valence-corrected chi connectivity index (χ1v) is 7.09. The third-order valence-electron chi connectivity index (χ3n) is 3.32. The standard InChI is InChI=1S/C14H16BrN3O/c1-17(10-14(19)18-6-2-3-7-18)13-8-12(15)5-4-11(13)9-16/h4-5,8H,2-3,6-7,10H2,1H3. The van der Waals surface area contributed by atoms with Crippen LogP contribution in [0.15, 0.2) is 22.7 Å². The average Bonchev–Trinajstić information content (AvgIpc) is 2.92. The number of hydrogen-bond acceptors (Lipinski definition) is 3. The van der Waals surface area contributed by atoms with Gasteiger partial charge in [-0.15, -0.1) is 0 Å². The Kier molecular flexibility index (Phi) is 4.43. The summed E-state index contributed by atoms with van der Waals surface area (Å²) in [7, 11) is 1.84. The summed E-state index contributed by atoms with van der Waals surface area (Å²) < 4.78 is 0.905. The molecule has 1 aromatic rings. The van der Waals surface area contributed by atoms with E-state index in [0.29, 0.717) is 12.1 Å². The molecular weight excluding hydrogens is 306 g/mol. The second-order valence-corrected chi connectivity index (χ2v) is 5.63. The number of carbonyl (C=O) groups is 1. The molecule has 0 atom stereocenters. The van der Waals surface area contributed by atoms with Crippen LogP contribution in [-0.2, 0) is 4.79 Å². The van der Waals surface area contributed by atoms with E-state index in [0.717, 1.165) is 36.1 Å². The maximum atomic E-state index is 12.1.